The molecule has 0 N–H and O–H groups in total. The summed E-state index contributed by atoms with van der Waals surface area (Å²) in [6.45, 7) is 4.60. The Balaban J connectivity index is 1.53. The molecule has 0 radical (unpaired) electrons. The van der Waals surface area contributed by atoms with E-state index in [0.29, 0.717) is 11.6 Å². The molecule has 0 spiro atoms. The molecule has 0 amide bonds. The SMILES string of the molecule is CC1CCCN1CCc1cc2ccc(-c3ccc(C#N)cc3)cc2o1. The van der Waals surface area contributed by atoms with Crippen molar-refractivity contribution >= 4 is 11.0 Å². The van der Waals surface area contributed by atoms with Gasteiger partial charge in [-0.3, -0.25) is 0 Å². The van der Waals surface area contributed by atoms with Gasteiger partial charge >= 0.3 is 0 Å². The smallest absolute Gasteiger partial charge is 0.134 e. The Bertz CT molecular complexity index is 917. The molecule has 1 unspecified atom stereocenters. The molecule has 1 saturated heterocycles. The fraction of sp³-hybridized carbons (Fsp3) is 0.318. The van der Waals surface area contributed by atoms with Gasteiger partial charge in [-0.1, -0.05) is 24.3 Å². The van der Waals surface area contributed by atoms with Gasteiger partial charge in [0.1, 0.15) is 11.3 Å². The molecular formula is C22H22N2O. The first-order chi connectivity index (χ1) is 12.2. The van der Waals surface area contributed by atoms with E-state index in [1.165, 1.54) is 19.4 Å². The van der Waals surface area contributed by atoms with Crippen molar-refractivity contribution in [3.63, 3.8) is 0 Å². The van der Waals surface area contributed by atoms with E-state index in [0.717, 1.165) is 40.8 Å². The van der Waals surface area contributed by atoms with E-state index in [1.807, 2.05) is 24.3 Å². The first kappa shape index (κ1) is 15.9. The van der Waals surface area contributed by atoms with E-state index in [9.17, 15) is 0 Å². The van der Waals surface area contributed by atoms with Crippen molar-refractivity contribution in [3.8, 4) is 17.2 Å². The van der Waals surface area contributed by atoms with E-state index in [-0.39, 0.29) is 0 Å². The van der Waals surface area contributed by atoms with Gasteiger partial charge < -0.3 is 9.32 Å². The lowest BCUT2D eigenvalue weighted by Gasteiger charge is -2.19. The van der Waals surface area contributed by atoms with Crippen molar-refractivity contribution < 1.29 is 4.42 Å². The Morgan fingerprint density at radius 2 is 1.92 bits per heavy atom. The van der Waals surface area contributed by atoms with Gasteiger partial charge in [-0.2, -0.15) is 5.26 Å². The first-order valence-electron chi connectivity index (χ1n) is 9.00. The van der Waals surface area contributed by atoms with E-state index < -0.39 is 0 Å². The monoisotopic (exact) mass is 330 g/mol. The van der Waals surface area contributed by atoms with Crippen molar-refractivity contribution in [1.29, 1.82) is 5.26 Å². The number of rotatable bonds is 4. The summed E-state index contributed by atoms with van der Waals surface area (Å²) in [6, 6.07) is 19.0. The number of hydrogen-bond acceptors (Lipinski definition) is 3. The number of furan rings is 1. The molecule has 0 aliphatic carbocycles. The van der Waals surface area contributed by atoms with Gasteiger partial charge in [0.05, 0.1) is 11.6 Å². The predicted octanol–water partition coefficient (Wildman–Crippen LogP) is 5.00. The first-order valence-corrected chi connectivity index (χ1v) is 9.00. The summed E-state index contributed by atoms with van der Waals surface area (Å²) in [5.41, 5.74) is 3.84. The van der Waals surface area contributed by atoms with Gasteiger partial charge in [0.2, 0.25) is 0 Å². The van der Waals surface area contributed by atoms with Crippen LogP contribution in [0, 0.1) is 11.3 Å². The summed E-state index contributed by atoms with van der Waals surface area (Å²) >= 11 is 0. The molecule has 1 aliphatic rings. The van der Waals surface area contributed by atoms with Crippen molar-refractivity contribution in [2.75, 3.05) is 13.1 Å². The molecule has 1 aromatic heterocycles. The lowest BCUT2D eigenvalue weighted by molar-refractivity contribution is 0.266. The average Bonchev–Trinajstić information content (AvgIpc) is 3.24. The van der Waals surface area contributed by atoms with Gasteiger partial charge in [0.25, 0.3) is 0 Å². The molecular weight excluding hydrogens is 308 g/mol. The summed E-state index contributed by atoms with van der Waals surface area (Å²) in [5, 5.41) is 10.1. The van der Waals surface area contributed by atoms with Crippen LogP contribution >= 0.6 is 0 Å². The number of benzene rings is 2. The molecule has 4 rings (SSSR count). The van der Waals surface area contributed by atoms with Crippen LogP contribution < -0.4 is 0 Å². The van der Waals surface area contributed by atoms with Crippen LogP contribution in [0.25, 0.3) is 22.1 Å². The van der Waals surface area contributed by atoms with Gasteiger partial charge in [-0.15, -0.1) is 0 Å². The molecule has 1 aliphatic heterocycles. The second-order valence-electron chi connectivity index (χ2n) is 6.93. The average molecular weight is 330 g/mol. The van der Waals surface area contributed by atoms with Crippen molar-refractivity contribution in [2.24, 2.45) is 0 Å². The molecule has 2 heterocycles. The van der Waals surface area contributed by atoms with Crippen LogP contribution in [0.5, 0.6) is 0 Å². The highest BCUT2D eigenvalue weighted by atomic mass is 16.3. The highest BCUT2D eigenvalue weighted by molar-refractivity contribution is 5.83. The summed E-state index contributed by atoms with van der Waals surface area (Å²) in [5.74, 6) is 1.06. The van der Waals surface area contributed by atoms with Crippen molar-refractivity contribution in [2.45, 2.75) is 32.2 Å². The summed E-state index contributed by atoms with van der Waals surface area (Å²) in [6.07, 6.45) is 3.59. The maximum atomic E-state index is 8.92. The Hall–Kier alpha value is -2.57. The van der Waals surface area contributed by atoms with Crippen molar-refractivity contribution in [3.05, 3.63) is 59.9 Å². The number of fused-ring (bicyclic) bond motifs is 1. The molecule has 2 aromatic carbocycles. The van der Waals surface area contributed by atoms with Crippen LogP contribution in [0.3, 0.4) is 0 Å². The van der Waals surface area contributed by atoms with Gasteiger partial charge in [0.15, 0.2) is 0 Å². The van der Waals surface area contributed by atoms with E-state index in [1.54, 1.807) is 0 Å². The largest absolute Gasteiger partial charge is 0.461 e. The fourth-order valence-corrected chi connectivity index (χ4v) is 3.70. The molecule has 3 heteroatoms. The van der Waals surface area contributed by atoms with Crippen LogP contribution in [0.2, 0.25) is 0 Å². The van der Waals surface area contributed by atoms with E-state index >= 15 is 0 Å². The molecule has 1 fully saturated rings. The van der Waals surface area contributed by atoms with E-state index in [4.69, 9.17) is 9.68 Å². The van der Waals surface area contributed by atoms with Crippen LogP contribution in [-0.2, 0) is 6.42 Å². The molecule has 1 atom stereocenters. The Kier molecular flexibility index (Phi) is 4.29. The Morgan fingerprint density at radius 3 is 2.64 bits per heavy atom. The lowest BCUT2D eigenvalue weighted by Crippen LogP contribution is -2.28. The molecule has 25 heavy (non-hydrogen) atoms. The molecule has 126 valence electrons. The molecule has 0 saturated carbocycles. The Labute approximate surface area is 148 Å². The maximum absolute atomic E-state index is 8.92. The standard InChI is InChI=1S/C22H22N2O/c1-16-3-2-11-24(16)12-10-21-13-20-9-8-19(14-22(20)25-21)18-6-4-17(15-23)5-7-18/h4-9,13-14,16H,2-3,10-12H2,1H3. The normalized spacial score (nSPS) is 17.8. The minimum absolute atomic E-state index is 0.682. The third kappa shape index (κ3) is 3.31. The highest BCUT2D eigenvalue weighted by Gasteiger charge is 2.20. The Morgan fingerprint density at radius 1 is 1.12 bits per heavy atom. The third-order valence-electron chi connectivity index (χ3n) is 5.25. The van der Waals surface area contributed by atoms with Crippen LogP contribution in [-0.4, -0.2) is 24.0 Å². The van der Waals surface area contributed by atoms with Gasteiger partial charge in [-0.25, -0.2) is 0 Å². The van der Waals surface area contributed by atoms with Gasteiger partial charge in [0, 0.05) is 24.4 Å². The number of hydrogen-bond donors (Lipinski definition) is 0. The number of likely N-dealkylation sites (tertiary alicyclic amines) is 1. The van der Waals surface area contributed by atoms with Crippen molar-refractivity contribution in [1.82, 2.24) is 4.90 Å². The molecule has 0 bridgehead atoms. The summed E-state index contributed by atoms with van der Waals surface area (Å²) < 4.78 is 6.09. The summed E-state index contributed by atoms with van der Waals surface area (Å²) in [4.78, 5) is 2.55. The zero-order valence-electron chi connectivity index (χ0n) is 14.5. The quantitative estimate of drug-likeness (QED) is 0.676. The second kappa shape index (κ2) is 6.74. The fourth-order valence-electron chi connectivity index (χ4n) is 3.70. The molecule has 3 nitrogen and oxygen atoms in total. The maximum Gasteiger partial charge on any atom is 0.134 e. The van der Waals surface area contributed by atoms with Crippen LogP contribution in [0.1, 0.15) is 31.1 Å². The minimum atomic E-state index is 0.682. The van der Waals surface area contributed by atoms with Crippen LogP contribution in [0.4, 0.5) is 0 Å². The highest BCUT2D eigenvalue weighted by Crippen LogP contribution is 2.27. The zero-order valence-corrected chi connectivity index (χ0v) is 14.5. The predicted molar refractivity (Wildman–Crippen MR) is 100 cm³/mol. The van der Waals surface area contributed by atoms with Crippen LogP contribution in [0.15, 0.2) is 52.9 Å². The second-order valence-corrected chi connectivity index (χ2v) is 6.93. The summed E-state index contributed by atoms with van der Waals surface area (Å²) in [7, 11) is 0. The van der Waals surface area contributed by atoms with Gasteiger partial charge in [-0.05, 0) is 61.7 Å². The third-order valence-corrected chi connectivity index (χ3v) is 5.25. The minimum Gasteiger partial charge on any atom is -0.461 e. The lowest BCUT2D eigenvalue weighted by atomic mass is 10.0. The topological polar surface area (TPSA) is 40.2 Å². The number of nitrogens with zero attached hydrogens (tertiary/aromatic N) is 2. The molecule has 3 aromatic rings. The zero-order chi connectivity index (χ0) is 17.2. The van der Waals surface area contributed by atoms with E-state index in [2.05, 4.69) is 42.2 Å². The number of nitriles is 1.